The van der Waals surface area contributed by atoms with E-state index in [1.807, 2.05) is 30.3 Å². The van der Waals surface area contributed by atoms with Crippen LogP contribution in [0.25, 0.3) is 0 Å². The highest BCUT2D eigenvalue weighted by atomic mass is 32.1. The van der Waals surface area contributed by atoms with E-state index >= 15 is 0 Å². The van der Waals surface area contributed by atoms with Gasteiger partial charge in [-0.05, 0) is 55.0 Å². The Morgan fingerprint density at radius 2 is 1.75 bits per heavy atom. The van der Waals surface area contributed by atoms with E-state index in [1.54, 1.807) is 24.3 Å². The van der Waals surface area contributed by atoms with Crippen LogP contribution in [0.5, 0.6) is 5.75 Å². The molecule has 0 aliphatic carbocycles. The van der Waals surface area contributed by atoms with E-state index < -0.39 is 0 Å². The van der Waals surface area contributed by atoms with Crippen LogP contribution in [0.15, 0.2) is 54.6 Å². The van der Waals surface area contributed by atoms with Crippen LogP contribution in [0.3, 0.4) is 0 Å². The molecule has 0 aliphatic rings. The van der Waals surface area contributed by atoms with Crippen molar-refractivity contribution in [3.05, 3.63) is 60.2 Å². The van der Waals surface area contributed by atoms with Gasteiger partial charge in [0.2, 0.25) is 0 Å². The molecule has 0 bridgehead atoms. The zero-order valence-electron chi connectivity index (χ0n) is 13.7. The van der Waals surface area contributed by atoms with Crippen LogP contribution in [0, 0.1) is 0 Å². The van der Waals surface area contributed by atoms with Gasteiger partial charge in [-0.25, -0.2) is 0 Å². The maximum Gasteiger partial charge on any atom is 0.257 e. The number of nitrogens with one attached hydrogen (secondary N) is 2. The first kappa shape index (κ1) is 17.9. The number of benzene rings is 2. The van der Waals surface area contributed by atoms with Gasteiger partial charge in [-0.2, -0.15) is 0 Å². The molecule has 126 valence electrons. The van der Waals surface area contributed by atoms with Crippen molar-refractivity contribution in [2.45, 2.75) is 26.2 Å². The first-order chi connectivity index (χ1) is 11.7. The lowest BCUT2D eigenvalue weighted by atomic mass is 10.2. The molecule has 0 saturated carbocycles. The average molecular weight is 342 g/mol. The van der Waals surface area contributed by atoms with Crippen molar-refractivity contribution in [1.29, 1.82) is 0 Å². The summed E-state index contributed by atoms with van der Waals surface area (Å²) in [7, 11) is 0. The van der Waals surface area contributed by atoms with Gasteiger partial charge in [0.05, 0.1) is 6.61 Å². The second-order valence-corrected chi connectivity index (χ2v) is 5.76. The van der Waals surface area contributed by atoms with Gasteiger partial charge in [0, 0.05) is 11.3 Å². The number of para-hydroxylation sites is 1. The standard InChI is InChI=1S/C19H22N2O2S/c1-2-3-7-14-23-17-12-10-15(11-13-17)18(22)21-19(24)20-16-8-5-4-6-9-16/h4-6,8-13H,2-3,7,14H2,1H3,(H2,20,21,22,24). The second-order valence-electron chi connectivity index (χ2n) is 5.35. The summed E-state index contributed by atoms with van der Waals surface area (Å²) >= 11 is 5.15. The van der Waals surface area contributed by atoms with Gasteiger partial charge in [-0.1, -0.05) is 38.0 Å². The van der Waals surface area contributed by atoms with Crippen LogP contribution in [0.1, 0.15) is 36.5 Å². The molecule has 0 aliphatic heterocycles. The first-order valence-corrected chi connectivity index (χ1v) is 8.50. The Bertz CT molecular complexity index is 657. The normalized spacial score (nSPS) is 10.0. The van der Waals surface area contributed by atoms with Crippen molar-refractivity contribution in [3.8, 4) is 5.75 Å². The van der Waals surface area contributed by atoms with E-state index in [0.717, 1.165) is 24.3 Å². The second kappa shape index (κ2) is 9.67. The van der Waals surface area contributed by atoms with Gasteiger partial charge in [-0.3, -0.25) is 10.1 Å². The highest BCUT2D eigenvalue weighted by Gasteiger charge is 2.08. The molecule has 0 aromatic heterocycles. The molecule has 0 atom stereocenters. The summed E-state index contributed by atoms with van der Waals surface area (Å²) in [6, 6.07) is 16.5. The van der Waals surface area contributed by atoms with E-state index in [-0.39, 0.29) is 11.0 Å². The Kier molecular flexibility index (Phi) is 7.23. The first-order valence-electron chi connectivity index (χ1n) is 8.09. The van der Waals surface area contributed by atoms with Crippen LogP contribution in [-0.4, -0.2) is 17.6 Å². The smallest absolute Gasteiger partial charge is 0.257 e. The zero-order valence-corrected chi connectivity index (χ0v) is 14.6. The van der Waals surface area contributed by atoms with Crippen LogP contribution in [-0.2, 0) is 0 Å². The molecule has 0 fully saturated rings. The SMILES string of the molecule is CCCCCOc1ccc(C(=O)NC(=S)Nc2ccccc2)cc1. The van der Waals surface area contributed by atoms with E-state index in [4.69, 9.17) is 17.0 Å². The van der Waals surface area contributed by atoms with Crippen molar-refractivity contribution < 1.29 is 9.53 Å². The molecule has 5 heteroatoms. The Morgan fingerprint density at radius 3 is 2.42 bits per heavy atom. The van der Waals surface area contributed by atoms with Gasteiger partial charge < -0.3 is 10.1 Å². The minimum Gasteiger partial charge on any atom is -0.494 e. The van der Waals surface area contributed by atoms with Crippen LogP contribution in [0.2, 0.25) is 0 Å². The molecule has 0 saturated heterocycles. The minimum absolute atomic E-state index is 0.249. The number of rotatable bonds is 7. The zero-order chi connectivity index (χ0) is 17.2. The lowest BCUT2D eigenvalue weighted by Gasteiger charge is -2.10. The third kappa shape index (κ3) is 6.01. The fourth-order valence-electron chi connectivity index (χ4n) is 2.10. The van der Waals surface area contributed by atoms with Crippen molar-refractivity contribution in [2.75, 3.05) is 11.9 Å². The highest BCUT2D eigenvalue weighted by Crippen LogP contribution is 2.13. The number of thiocarbonyl (C=S) groups is 1. The summed E-state index contributed by atoms with van der Waals surface area (Å²) < 4.78 is 5.63. The molecular formula is C19H22N2O2S. The molecule has 1 amide bonds. The lowest BCUT2D eigenvalue weighted by Crippen LogP contribution is -2.34. The number of carbonyl (C=O) groups is 1. The summed E-state index contributed by atoms with van der Waals surface area (Å²) in [6.07, 6.45) is 3.36. The Labute approximate surface area is 148 Å². The molecule has 0 radical (unpaired) electrons. The number of anilines is 1. The summed E-state index contributed by atoms with van der Waals surface area (Å²) in [6.45, 7) is 2.86. The maximum absolute atomic E-state index is 12.2. The molecule has 2 rings (SSSR count). The number of carbonyl (C=O) groups excluding carboxylic acids is 1. The molecule has 0 spiro atoms. The number of hydrogen-bond donors (Lipinski definition) is 2. The number of amides is 1. The predicted molar refractivity (Wildman–Crippen MR) is 102 cm³/mol. The van der Waals surface area contributed by atoms with E-state index in [9.17, 15) is 4.79 Å². The van der Waals surface area contributed by atoms with Crippen molar-refractivity contribution in [1.82, 2.24) is 5.32 Å². The molecule has 24 heavy (non-hydrogen) atoms. The highest BCUT2D eigenvalue weighted by molar-refractivity contribution is 7.80. The topological polar surface area (TPSA) is 50.4 Å². The van der Waals surface area contributed by atoms with Gasteiger partial charge >= 0.3 is 0 Å². The summed E-state index contributed by atoms with van der Waals surface area (Å²) in [5.74, 6) is 0.522. The van der Waals surface area contributed by atoms with Crippen LogP contribution < -0.4 is 15.4 Å². The third-order valence-electron chi connectivity index (χ3n) is 3.39. The number of hydrogen-bond acceptors (Lipinski definition) is 3. The summed E-state index contributed by atoms with van der Waals surface area (Å²) in [5.41, 5.74) is 1.37. The third-order valence-corrected chi connectivity index (χ3v) is 3.60. The molecule has 2 aromatic rings. The summed E-state index contributed by atoms with van der Waals surface area (Å²) in [5, 5.41) is 5.90. The number of unbranched alkanes of at least 4 members (excludes halogenated alkanes) is 2. The molecule has 0 heterocycles. The van der Waals surface area contributed by atoms with E-state index in [2.05, 4.69) is 17.6 Å². The fourth-order valence-corrected chi connectivity index (χ4v) is 2.31. The summed E-state index contributed by atoms with van der Waals surface area (Å²) in [4.78, 5) is 12.2. The van der Waals surface area contributed by atoms with Crippen molar-refractivity contribution >= 4 is 28.9 Å². The van der Waals surface area contributed by atoms with E-state index in [0.29, 0.717) is 12.2 Å². The minimum atomic E-state index is -0.249. The maximum atomic E-state index is 12.2. The molecule has 2 N–H and O–H groups in total. The Hall–Kier alpha value is -2.40. The molecular weight excluding hydrogens is 320 g/mol. The molecule has 0 unspecified atom stereocenters. The van der Waals surface area contributed by atoms with Crippen LogP contribution >= 0.6 is 12.2 Å². The monoisotopic (exact) mass is 342 g/mol. The predicted octanol–water partition coefficient (Wildman–Crippen LogP) is 4.38. The fraction of sp³-hybridized carbons (Fsp3) is 0.263. The molecule has 4 nitrogen and oxygen atoms in total. The quantitative estimate of drug-likeness (QED) is 0.579. The van der Waals surface area contributed by atoms with E-state index in [1.165, 1.54) is 6.42 Å². The number of ether oxygens (including phenoxy) is 1. The van der Waals surface area contributed by atoms with Crippen molar-refractivity contribution in [3.63, 3.8) is 0 Å². The largest absolute Gasteiger partial charge is 0.494 e. The van der Waals surface area contributed by atoms with Crippen LogP contribution in [0.4, 0.5) is 5.69 Å². The lowest BCUT2D eigenvalue weighted by molar-refractivity contribution is 0.0977. The Balaban J connectivity index is 1.82. The van der Waals surface area contributed by atoms with Gasteiger partial charge in [0.15, 0.2) is 5.11 Å². The Morgan fingerprint density at radius 1 is 1.04 bits per heavy atom. The van der Waals surface area contributed by atoms with Gasteiger partial charge in [-0.15, -0.1) is 0 Å². The van der Waals surface area contributed by atoms with Gasteiger partial charge in [0.25, 0.3) is 5.91 Å². The van der Waals surface area contributed by atoms with Gasteiger partial charge in [0.1, 0.15) is 5.75 Å². The average Bonchev–Trinajstić information content (AvgIpc) is 2.60. The molecule has 2 aromatic carbocycles. The van der Waals surface area contributed by atoms with Crippen molar-refractivity contribution in [2.24, 2.45) is 0 Å².